The van der Waals surface area contributed by atoms with Crippen LogP contribution in [0.4, 0.5) is 0 Å². The smallest absolute Gasteiger partial charge is 0.117 e. The van der Waals surface area contributed by atoms with Gasteiger partial charge < -0.3 is 9.73 Å². The molecule has 1 aliphatic carbocycles. The highest BCUT2D eigenvalue weighted by molar-refractivity contribution is 5.42. The number of nitrogens with one attached hydrogen (secondary N) is 1. The summed E-state index contributed by atoms with van der Waals surface area (Å²) in [7, 11) is 0. The Morgan fingerprint density at radius 2 is 1.93 bits per heavy atom. The molecule has 0 saturated heterocycles. The fraction of sp³-hybridized carbons (Fsp3) is 0.375. The molecule has 1 aromatic carbocycles. The summed E-state index contributed by atoms with van der Waals surface area (Å²) in [6.07, 6.45) is 7.38. The second kappa shape index (κ2) is 7.80. The first kappa shape index (κ1) is 18.8. The van der Waals surface area contributed by atoms with Gasteiger partial charge in [-0.3, -0.25) is 0 Å². The fourth-order valence-corrected chi connectivity index (χ4v) is 4.15. The second-order valence-electron chi connectivity index (χ2n) is 8.04. The summed E-state index contributed by atoms with van der Waals surface area (Å²) < 4.78 is 7.51. The van der Waals surface area contributed by atoms with Crippen molar-refractivity contribution in [2.45, 2.75) is 58.5 Å². The molecule has 0 bridgehead atoms. The van der Waals surface area contributed by atoms with Crippen molar-refractivity contribution in [1.29, 1.82) is 0 Å². The molecule has 146 valence electrons. The van der Waals surface area contributed by atoms with Gasteiger partial charge in [-0.1, -0.05) is 38.1 Å². The molecular weight excluding hydrogens is 346 g/mol. The standard InChI is InChI=1S/C24H29N3O/c1-16(2)19-8-11-22(12-9-19)27-18(4)24(17(3)26-27)20-7-10-21(14-20)25-15-23-6-5-13-28-23/h5-13,16,20-21,25H,14-15H2,1-4H3/t20-,21+/m0/s1. The van der Waals surface area contributed by atoms with Crippen LogP contribution in [0.5, 0.6) is 0 Å². The Hall–Kier alpha value is -2.59. The maximum atomic E-state index is 5.42. The number of rotatable bonds is 6. The number of hydrogen-bond acceptors (Lipinski definition) is 3. The molecule has 1 aliphatic rings. The van der Waals surface area contributed by atoms with Gasteiger partial charge in [-0.05, 0) is 56.0 Å². The summed E-state index contributed by atoms with van der Waals surface area (Å²) in [5.74, 6) is 1.92. The van der Waals surface area contributed by atoms with E-state index in [9.17, 15) is 0 Å². The van der Waals surface area contributed by atoms with Crippen molar-refractivity contribution < 1.29 is 4.42 Å². The second-order valence-corrected chi connectivity index (χ2v) is 8.04. The van der Waals surface area contributed by atoms with Crippen molar-refractivity contribution >= 4 is 0 Å². The van der Waals surface area contributed by atoms with E-state index >= 15 is 0 Å². The normalized spacial score (nSPS) is 19.0. The lowest BCUT2D eigenvalue weighted by Crippen LogP contribution is -2.25. The zero-order chi connectivity index (χ0) is 19.7. The summed E-state index contributed by atoms with van der Waals surface area (Å²) in [6, 6.07) is 13.1. The first-order valence-electron chi connectivity index (χ1n) is 10.1. The fourth-order valence-electron chi connectivity index (χ4n) is 4.15. The average molecular weight is 376 g/mol. The average Bonchev–Trinajstić information content (AvgIpc) is 3.41. The van der Waals surface area contributed by atoms with Crippen LogP contribution in [0.1, 0.15) is 60.4 Å². The Morgan fingerprint density at radius 1 is 1.14 bits per heavy atom. The lowest BCUT2D eigenvalue weighted by Gasteiger charge is -2.14. The van der Waals surface area contributed by atoms with E-state index in [0.29, 0.717) is 17.9 Å². The van der Waals surface area contributed by atoms with Crippen LogP contribution in [0, 0.1) is 13.8 Å². The molecule has 0 saturated carbocycles. The first-order valence-corrected chi connectivity index (χ1v) is 10.1. The SMILES string of the molecule is Cc1nn(-c2ccc(C(C)C)cc2)c(C)c1[C@H]1C=C[C@@H](NCc2ccco2)C1. The van der Waals surface area contributed by atoms with E-state index < -0.39 is 0 Å². The van der Waals surface area contributed by atoms with Crippen molar-refractivity contribution in [2.24, 2.45) is 0 Å². The number of allylic oxidation sites excluding steroid dienone is 1. The maximum absolute atomic E-state index is 5.42. The topological polar surface area (TPSA) is 43.0 Å². The van der Waals surface area contributed by atoms with E-state index in [1.54, 1.807) is 6.26 Å². The van der Waals surface area contributed by atoms with Gasteiger partial charge in [-0.15, -0.1) is 0 Å². The number of aryl methyl sites for hydroxylation is 1. The molecule has 4 rings (SSSR count). The molecule has 0 aliphatic heterocycles. The van der Waals surface area contributed by atoms with E-state index in [1.807, 2.05) is 12.1 Å². The van der Waals surface area contributed by atoms with Gasteiger partial charge in [0.15, 0.2) is 0 Å². The zero-order valence-corrected chi connectivity index (χ0v) is 17.1. The lowest BCUT2D eigenvalue weighted by molar-refractivity contribution is 0.461. The zero-order valence-electron chi connectivity index (χ0n) is 17.1. The molecule has 2 atom stereocenters. The highest BCUT2D eigenvalue weighted by atomic mass is 16.3. The van der Waals surface area contributed by atoms with Crippen LogP contribution in [0.3, 0.4) is 0 Å². The molecular formula is C24H29N3O. The minimum absolute atomic E-state index is 0.363. The van der Waals surface area contributed by atoms with Crippen molar-refractivity contribution in [3.05, 3.63) is 83.1 Å². The third kappa shape index (κ3) is 3.69. The van der Waals surface area contributed by atoms with Gasteiger partial charge in [0, 0.05) is 23.2 Å². The number of aromatic nitrogens is 2. The lowest BCUT2D eigenvalue weighted by atomic mass is 9.96. The Kier molecular flexibility index (Phi) is 5.23. The number of benzene rings is 1. The Morgan fingerprint density at radius 3 is 2.61 bits per heavy atom. The van der Waals surface area contributed by atoms with E-state index in [2.05, 4.69) is 74.1 Å². The van der Waals surface area contributed by atoms with E-state index in [4.69, 9.17) is 9.52 Å². The summed E-state index contributed by atoms with van der Waals surface area (Å²) in [5, 5.41) is 8.43. The summed E-state index contributed by atoms with van der Waals surface area (Å²) in [6.45, 7) is 9.51. The maximum Gasteiger partial charge on any atom is 0.117 e. The van der Waals surface area contributed by atoms with E-state index in [1.165, 1.54) is 16.8 Å². The quantitative estimate of drug-likeness (QED) is 0.586. The van der Waals surface area contributed by atoms with Gasteiger partial charge in [0.05, 0.1) is 24.2 Å². The van der Waals surface area contributed by atoms with E-state index in [0.717, 1.165) is 30.1 Å². The molecule has 0 amide bonds. The van der Waals surface area contributed by atoms with Crippen LogP contribution < -0.4 is 5.32 Å². The molecule has 4 nitrogen and oxygen atoms in total. The monoisotopic (exact) mass is 375 g/mol. The molecule has 1 N–H and O–H groups in total. The van der Waals surface area contributed by atoms with Gasteiger partial charge in [0.1, 0.15) is 5.76 Å². The Balaban J connectivity index is 1.49. The molecule has 4 heteroatoms. The minimum atomic E-state index is 0.363. The molecule has 28 heavy (non-hydrogen) atoms. The number of hydrogen-bond donors (Lipinski definition) is 1. The molecule has 2 aromatic heterocycles. The van der Waals surface area contributed by atoms with Crippen LogP contribution in [-0.2, 0) is 6.54 Å². The van der Waals surface area contributed by atoms with Gasteiger partial charge in [0.2, 0.25) is 0 Å². The number of nitrogens with zero attached hydrogens (tertiary/aromatic N) is 2. The molecule has 0 unspecified atom stereocenters. The first-order chi connectivity index (χ1) is 13.5. The molecule has 0 radical (unpaired) electrons. The van der Waals surface area contributed by atoms with Crippen LogP contribution in [0.25, 0.3) is 5.69 Å². The molecule has 0 spiro atoms. The largest absolute Gasteiger partial charge is 0.468 e. The van der Waals surface area contributed by atoms with Crippen molar-refractivity contribution in [2.75, 3.05) is 0 Å². The highest BCUT2D eigenvalue weighted by Gasteiger charge is 2.26. The van der Waals surface area contributed by atoms with Gasteiger partial charge in [-0.25, -0.2) is 4.68 Å². The van der Waals surface area contributed by atoms with Crippen LogP contribution in [0.15, 0.2) is 59.2 Å². The van der Waals surface area contributed by atoms with Crippen LogP contribution in [-0.4, -0.2) is 15.8 Å². The van der Waals surface area contributed by atoms with Crippen LogP contribution in [0.2, 0.25) is 0 Å². The van der Waals surface area contributed by atoms with E-state index in [-0.39, 0.29) is 0 Å². The Labute approximate surface area is 167 Å². The van der Waals surface area contributed by atoms with Gasteiger partial charge in [-0.2, -0.15) is 5.10 Å². The molecule has 2 heterocycles. The summed E-state index contributed by atoms with van der Waals surface area (Å²) >= 11 is 0. The number of furan rings is 1. The predicted octanol–water partition coefficient (Wildman–Crippen LogP) is 5.41. The Bertz CT molecular complexity index is 949. The molecule has 0 fully saturated rings. The van der Waals surface area contributed by atoms with Crippen molar-refractivity contribution in [1.82, 2.24) is 15.1 Å². The predicted molar refractivity (Wildman–Crippen MR) is 113 cm³/mol. The third-order valence-electron chi connectivity index (χ3n) is 5.72. The van der Waals surface area contributed by atoms with Gasteiger partial charge >= 0.3 is 0 Å². The summed E-state index contributed by atoms with van der Waals surface area (Å²) in [4.78, 5) is 0. The van der Waals surface area contributed by atoms with Gasteiger partial charge in [0.25, 0.3) is 0 Å². The third-order valence-corrected chi connectivity index (χ3v) is 5.72. The minimum Gasteiger partial charge on any atom is -0.468 e. The van der Waals surface area contributed by atoms with Crippen molar-refractivity contribution in [3.8, 4) is 5.69 Å². The molecule has 3 aromatic rings. The highest BCUT2D eigenvalue weighted by Crippen LogP contribution is 2.34. The van der Waals surface area contributed by atoms with Crippen LogP contribution >= 0.6 is 0 Å². The summed E-state index contributed by atoms with van der Waals surface area (Å²) in [5.41, 5.74) is 6.19. The van der Waals surface area contributed by atoms with Crippen molar-refractivity contribution in [3.63, 3.8) is 0 Å².